The Kier molecular flexibility index (Phi) is 4.92. The van der Waals surface area contributed by atoms with Crippen molar-refractivity contribution in [3.8, 4) is 11.4 Å². The van der Waals surface area contributed by atoms with E-state index in [4.69, 9.17) is 5.73 Å². The average molecular weight is 366 g/mol. The molecule has 0 bridgehead atoms. The smallest absolute Gasteiger partial charge is 0.356 e. The highest BCUT2D eigenvalue weighted by atomic mass is 19.4. The lowest BCUT2D eigenvalue weighted by atomic mass is 10.1. The highest BCUT2D eigenvalue weighted by Gasteiger charge is 2.34. The van der Waals surface area contributed by atoms with Crippen molar-refractivity contribution in [2.45, 2.75) is 25.1 Å². The molecular formula is C16H17F3N6O. The summed E-state index contributed by atoms with van der Waals surface area (Å²) < 4.78 is 39.8. The summed E-state index contributed by atoms with van der Waals surface area (Å²) in [5.41, 5.74) is 4.57. The maximum atomic E-state index is 13.3. The van der Waals surface area contributed by atoms with Crippen molar-refractivity contribution in [1.82, 2.24) is 20.3 Å². The number of piperidine rings is 1. The number of carbonyl (C=O) groups excluding carboxylic acids is 1. The Morgan fingerprint density at radius 3 is 2.42 bits per heavy atom. The molecule has 0 aromatic carbocycles. The second-order valence-corrected chi connectivity index (χ2v) is 5.94. The van der Waals surface area contributed by atoms with E-state index in [0.29, 0.717) is 31.5 Å². The van der Waals surface area contributed by atoms with Crippen LogP contribution in [0.3, 0.4) is 0 Å². The molecule has 2 aromatic heterocycles. The van der Waals surface area contributed by atoms with E-state index in [1.54, 1.807) is 17.0 Å². The minimum Gasteiger partial charge on any atom is -0.356 e. The number of hydrogen-bond donors (Lipinski definition) is 2. The van der Waals surface area contributed by atoms with Gasteiger partial charge in [-0.2, -0.15) is 13.2 Å². The number of nitrogens with zero attached hydrogens (tertiary/aromatic N) is 4. The van der Waals surface area contributed by atoms with Crippen LogP contribution < -0.4 is 16.0 Å². The Bertz CT molecular complexity index is 775. The third-order valence-corrected chi connectivity index (χ3v) is 4.11. The number of nitrogens with two attached hydrogens (primary N) is 1. The number of aromatic nitrogens is 3. The van der Waals surface area contributed by atoms with E-state index >= 15 is 0 Å². The summed E-state index contributed by atoms with van der Waals surface area (Å²) in [4.78, 5) is 24.5. The molecule has 0 aliphatic carbocycles. The van der Waals surface area contributed by atoms with E-state index in [9.17, 15) is 18.0 Å². The maximum absolute atomic E-state index is 13.3. The SMILES string of the molecule is NC(=O)NC1CCN(c2cc(C(F)(F)F)nc(-c3ccncc3)n2)CC1. The number of nitrogens with one attached hydrogen (secondary N) is 1. The number of halogens is 3. The standard InChI is InChI=1S/C16H17F3N6O/c17-16(18,19)12-9-13(24-14(23-12)10-1-5-21-6-2-10)25-7-3-11(4-8-25)22-15(20)26/h1-2,5-6,9,11H,3-4,7-8H2,(H3,20,22,26). The molecule has 3 N–H and O–H groups in total. The molecule has 1 saturated heterocycles. The molecule has 2 amide bonds. The summed E-state index contributed by atoms with van der Waals surface area (Å²) in [6.45, 7) is 0.907. The Hall–Kier alpha value is -2.91. The minimum absolute atomic E-state index is 0.00499. The van der Waals surface area contributed by atoms with Crippen molar-refractivity contribution in [2.24, 2.45) is 5.73 Å². The van der Waals surface area contributed by atoms with Crippen molar-refractivity contribution < 1.29 is 18.0 Å². The molecule has 3 rings (SSSR count). The van der Waals surface area contributed by atoms with Gasteiger partial charge in [0.1, 0.15) is 5.82 Å². The van der Waals surface area contributed by atoms with Crippen molar-refractivity contribution >= 4 is 11.8 Å². The molecule has 0 saturated carbocycles. The number of carbonyl (C=O) groups is 1. The van der Waals surface area contributed by atoms with Gasteiger partial charge >= 0.3 is 12.2 Å². The van der Waals surface area contributed by atoms with Crippen LogP contribution in [-0.4, -0.2) is 40.1 Å². The van der Waals surface area contributed by atoms with Gasteiger partial charge < -0.3 is 16.0 Å². The monoisotopic (exact) mass is 366 g/mol. The summed E-state index contributed by atoms with van der Waals surface area (Å²) in [5, 5.41) is 2.62. The lowest BCUT2D eigenvalue weighted by molar-refractivity contribution is -0.141. The van der Waals surface area contributed by atoms with Crippen LogP contribution in [0, 0.1) is 0 Å². The number of pyridine rings is 1. The van der Waals surface area contributed by atoms with E-state index in [2.05, 4.69) is 20.3 Å². The van der Waals surface area contributed by atoms with Gasteiger partial charge in [-0.05, 0) is 25.0 Å². The molecule has 0 unspecified atom stereocenters. The van der Waals surface area contributed by atoms with Gasteiger partial charge in [0.25, 0.3) is 0 Å². The van der Waals surface area contributed by atoms with Gasteiger partial charge in [0, 0.05) is 43.2 Å². The van der Waals surface area contributed by atoms with Gasteiger partial charge in [0.15, 0.2) is 11.5 Å². The fourth-order valence-corrected chi connectivity index (χ4v) is 2.83. The van der Waals surface area contributed by atoms with Crippen LogP contribution >= 0.6 is 0 Å². The lowest BCUT2D eigenvalue weighted by Gasteiger charge is -2.33. The lowest BCUT2D eigenvalue weighted by Crippen LogP contribution is -2.46. The topological polar surface area (TPSA) is 97.0 Å². The first-order valence-electron chi connectivity index (χ1n) is 8.00. The third kappa shape index (κ3) is 4.19. The van der Waals surface area contributed by atoms with Gasteiger partial charge in [-0.3, -0.25) is 4.98 Å². The van der Waals surface area contributed by atoms with E-state index < -0.39 is 17.9 Å². The number of amides is 2. The summed E-state index contributed by atoms with van der Waals surface area (Å²) in [5.74, 6) is 0.200. The molecule has 7 nitrogen and oxygen atoms in total. The van der Waals surface area contributed by atoms with Crippen LogP contribution in [0.5, 0.6) is 0 Å². The van der Waals surface area contributed by atoms with Crippen LogP contribution in [0.15, 0.2) is 30.6 Å². The molecule has 10 heteroatoms. The van der Waals surface area contributed by atoms with E-state index in [-0.39, 0.29) is 17.7 Å². The van der Waals surface area contributed by atoms with Crippen molar-refractivity contribution in [2.75, 3.05) is 18.0 Å². The summed E-state index contributed by atoms with van der Waals surface area (Å²) in [6, 6.07) is 3.37. The van der Waals surface area contributed by atoms with E-state index in [1.165, 1.54) is 12.4 Å². The first kappa shape index (κ1) is 17.9. The fraction of sp³-hybridized carbons (Fsp3) is 0.375. The molecule has 0 atom stereocenters. The summed E-state index contributed by atoms with van der Waals surface area (Å²) in [7, 11) is 0. The molecule has 2 aromatic rings. The molecule has 1 aliphatic heterocycles. The van der Waals surface area contributed by atoms with Gasteiger partial charge in [0.2, 0.25) is 0 Å². The highest BCUT2D eigenvalue weighted by Crippen LogP contribution is 2.32. The molecule has 138 valence electrons. The zero-order valence-corrected chi connectivity index (χ0v) is 13.7. The number of hydrogen-bond acceptors (Lipinski definition) is 5. The first-order valence-corrected chi connectivity index (χ1v) is 8.00. The number of anilines is 1. The normalized spacial score (nSPS) is 15.7. The Balaban J connectivity index is 1.88. The van der Waals surface area contributed by atoms with Crippen molar-refractivity contribution in [1.29, 1.82) is 0 Å². The molecule has 0 radical (unpaired) electrons. The Morgan fingerprint density at radius 2 is 1.85 bits per heavy atom. The molecule has 3 heterocycles. The van der Waals surface area contributed by atoms with Crippen LogP contribution in [0.25, 0.3) is 11.4 Å². The quantitative estimate of drug-likeness (QED) is 0.868. The van der Waals surface area contributed by atoms with Crippen LogP contribution in [0.1, 0.15) is 18.5 Å². The molecule has 0 spiro atoms. The molecule has 1 fully saturated rings. The van der Waals surface area contributed by atoms with Gasteiger partial charge in [-0.15, -0.1) is 0 Å². The zero-order chi connectivity index (χ0) is 18.7. The second-order valence-electron chi connectivity index (χ2n) is 5.94. The van der Waals surface area contributed by atoms with Crippen LogP contribution in [0.4, 0.5) is 23.8 Å². The minimum atomic E-state index is -4.58. The molecule has 1 aliphatic rings. The summed E-state index contributed by atoms with van der Waals surface area (Å²) >= 11 is 0. The van der Waals surface area contributed by atoms with Crippen molar-refractivity contribution in [3.05, 3.63) is 36.3 Å². The van der Waals surface area contributed by atoms with E-state index in [0.717, 1.165) is 6.07 Å². The van der Waals surface area contributed by atoms with Gasteiger partial charge in [-0.25, -0.2) is 14.8 Å². The highest BCUT2D eigenvalue weighted by molar-refractivity contribution is 5.72. The van der Waals surface area contributed by atoms with Gasteiger partial charge in [0.05, 0.1) is 0 Å². The Labute approximate surface area is 147 Å². The number of primary amides is 1. The average Bonchev–Trinajstić information content (AvgIpc) is 2.61. The molecule has 26 heavy (non-hydrogen) atoms. The second kappa shape index (κ2) is 7.14. The molecular weight excluding hydrogens is 349 g/mol. The largest absolute Gasteiger partial charge is 0.433 e. The summed E-state index contributed by atoms with van der Waals surface area (Å²) in [6.07, 6.45) is -0.498. The maximum Gasteiger partial charge on any atom is 0.433 e. The van der Waals surface area contributed by atoms with Crippen LogP contribution in [0.2, 0.25) is 0 Å². The predicted molar refractivity (Wildman–Crippen MR) is 88.2 cm³/mol. The Morgan fingerprint density at radius 1 is 1.19 bits per heavy atom. The van der Waals surface area contributed by atoms with Crippen molar-refractivity contribution in [3.63, 3.8) is 0 Å². The first-order chi connectivity index (χ1) is 12.3. The van der Waals surface area contributed by atoms with E-state index in [1.807, 2.05) is 0 Å². The zero-order valence-electron chi connectivity index (χ0n) is 13.7. The predicted octanol–water partition coefficient (Wildman–Crippen LogP) is 2.19. The van der Waals surface area contributed by atoms with Gasteiger partial charge in [-0.1, -0.05) is 0 Å². The number of urea groups is 1. The number of alkyl halides is 3. The third-order valence-electron chi connectivity index (χ3n) is 4.11. The number of rotatable bonds is 3. The van der Waals surface area contributed by atoms with Crippen LogP contribution in [-0.2, 0) is 6.18 Å². The fourth-order valence-electron chi connectivity index (χ4n) is 2.83.